The quantitative estimate of drug-likeness (QED) is 0.170. The summed E-state index contributed by atoms with van der Waals surface area (Å²) in [7, 11) is 0. The number of nitrogens with zero attached hydrogens (tertiary/aromatic N) is 3. The van der Waals surface area contributed by atoms with Crippen molar-refractivity contribution in [3.63, 3.8) is 0 Å². The van der Waals surface area contributed by atoms with Gasteiger partial charge < -0.3 is 0 Å². The molecule has 262 valence electrons. The number of thiophene rings is 2. The van der Waals surface area contributed by atoms with E-state index in [9.17, 15) is 0 Å². The van der Waals surface area contributed by atoms with Crippen molar-refractivity contribution in [1.29, 1.82) is 0 Å². The van der Waals surface area contributed by atoms with Gasteiger partial charge in [-0.05, 0) is 69.8 Å². The predicted molar refractivity (Wildman–Crippen MR) is 238 cm³/mol. The number of aromatic nitrogens is 3. The Morgan fingerprint density at radius 1 is 0.268 bits per heavy atom. The van der Waals surface area contributed by atoms with Crippen molar-refractivity contribution in [2.24, 2.45) is 0 Å². The van der Waals surface area contributed by atoms with Crippen molar-refractivity contribution in [2.45, 2.75) is 0 Å². The van der Waals surface area contributed by atoms with Crippen LogP contribution >= 0.6 is 22.7 Å². The zero-order valence-electron chi connectivity index (χ0n) is 30.1. The minimum atomic E-state index is 0.646. The maximum Gasteiger partial charge on any atom is 0.164 e. The summed E-state index contributed by atoms with van der Waals surface area (Å²) in [5.41, 5.74) is 10.0. The molecule has 8 aromatic carbocycles. The summed E-state index contributed by atoms with van der Waals surface area (Å²) in [6, 6.07) is 66.9. The SMILES string of the molecule is c1ccc(-c2ccc(-c3nc(-c4ccccc4)nc(-c4cc(-c5ccc6c(c5)sc5ccc(-c7ccccc7)cc56)c5c(c4)sc4ccccc45)n3)cc2)cc1. The lowest BCUT2D eigenvalue weighted by atomic mass is 9.96. The first-order valence-electron chi connectivity index (χ1n) is 18.7. The molecular weight excluding hydrogens is 719 g/mol. The van der Waals surface area contributed by atoms with Crippen LogP contribution in [-0.4, -0.2) is 15.0 Å². The van der Waals surface area contributed by atoms with Gasteiger partial charge in [-0.15, -0.1) is 22.7 Å². The summed E-state index contributed by atoms with van der Waals surface area (Å²) in [6.45, 7) is 0. The second-order valence-electron chi connectivity index (χ2n) is 14.0. The number of fused-ring (bicyclic) bond motifs is 6. The van der Waals surface area contributed by atoms with Gasteiger partial charge in [-0.1, -0.05) is 152 Å². The van der Waals surface area contributed by atoms with Gasteiger partial charge in [0.2, 0.25) is 0 Å². The van der Waals surface area contributed by atoms with Gasteiger partial charge in [-0.3, -0.25) is 0 Å². The number of hydrogen-bond donors (Lipinski definition) is 0. The molecule has 3 aromatic heterocycles. The van der Waals surface area contributed by atoms with Crippen LogP contribution in [0.1, 0.15) is 0 Å². The van der Waals surface area contributed by atoms with E-state index < -0.39 is 0 Å². The van der Waals surface area contributed by atoms with Crippen LogP contribution in [0.2, 0.25) is 0 Å². The van der Waals surface area contributed by atoms with Crippen LogP contribution in [0.15, 0.2) is 188 Å². The highest BCUT2D eigenvalue weighted by atomic mass is 32.1. The first-order chi connectivity index (χ1) is 27.7. The fraction of sp³-hybridized carbons (Fsp3) is 0. The monoisotopic (exact) mass is 749 g/mol. The molecule has 0 unspecified atom stereocenters. The Bertz CT molecular complexity index is 3220. The third kappa shape index (κ3) is 5.77. The third-order valence-corrected chi connectivity index (χ3v) is 12.8. The molecule has 0 atom stereocenters. The van der Waals surface area contributed by atoms with Gasteiger partial charge >= 0.3 is 0 Å². The van der Waals surface area contributed by atoms with Crippen LogP contribution in [-0.2, 0) is 0 Å². The van der Waals surface area contributed by atoms with E-state index in [2.05, 4.69) is 164 Å². The summed E-state index contributed by atoms with van der Waals surface area (Å²) >= 11 is 3.67. The highest BCUT2D eigenvalue weighted by Crippen LogP contribution is 2.45. The average Bonchev–Trinajstić information content (AvgIpc) is 3.84. The van der Waals surface area contributed by atoms with Crippen LogP contribution < -0.4 is 0 Å². The van der Waals surface area contributed by atoms with E-state index in [0.717, 1.165) is 22.3 Å². The van der Waals surface area contributed by atoms with E-state index in [1.165, 1.54) is 68.2 Å². The first-order valence-corrected chi connectivity index (χ1v) is 20.3. The fourth-order valence-corrected chi connectivity index (χ4v) is 10.1. The zero-order valence-corrected chi connectivity index (χ0v) is 31.7. The Balaban J connectivity index is 1.09. The molecule has 0 N–H and O–H groups in total. The predicted octanol–water partition coefficient (Wildman–Crippen LogP) is 14.6. The first kappa shape index (κ1) is 32.6. The molecule has 0 saturated heterocycles. The van der Waals surface area contributed by atoms with Gasteiger partial charge in [0.1, 0.15) is 0 Å². The highest BCUT2D eigenvalue weighted by Gasteiger charge is 2.19. The lowest BCUT2D eigenvalue weighted by Gasteiger charge is -2.12. The van der Waals surface area contributed by atoms with Gasteiger partial charge in [0, 0.05) is 57.0 Å². The smallest absolute Gasteiger partial charge is 0.164 e. The molecule has 3 nitrogen and oxygen atoms in total. The second-order valence-corrected chi connectivity index (χ2v) is 16.2. The molecule has 0 amide bonds. The van der Waals surface area contributed by atoms with Crippen molar-refractivity contribution in [1.82, 2.24) is 15.0 Å². The second kappa shape index (κ2) is 13.5. The Labute approximate surface area is 331 Å². The molecule has 0 aliphatic heterocycles. The Morgan fingerprint density at radius 2 is 0.750 bits per heavy atom. The molecular formula is C51H31N3S2. The molecule has 0 aliphatic carbocycles. The van der Waals surface area contributed by atoms with Crippen molar-refractivity contribution < 1.29 is 0 Å². The van der Waals surface area contributed by atoms with Crippen LogP contribution in [0.3, 0.4) is 0 Å². The largest absolute Gasteiger partial charge is 0.208 e. The van der Waals surface area contributed by atoms with Crippen LogP contribution in [0, 0.1) is 0 Å². The van der Waals surface area contributed by atoms with E-state index in [0.29, 0.717) is 17.5 Å². The molecule has 11 rings (SSSR count). The maximum absolute atomic E-state index is 5.19. The van der Waals surface area contributed by atoms with Crippen molar-refractivity contribution >= 4 is 63.0 Å². The third-order valence-electron chi connectivity index (χ3n) is 10.5. The minimum absolute atomic E-state index is 0.646. The van der Waals surface area contributed by atoms with Gasteiger partial charge in [0.05, 0.1) is 0 Å². The van der Waals surface area contributed by atoms with E-state index in [1.54, 1.807) is 0 Å². The molecule has 0 bridgehead atoms. The summed E-state index contributed by atoms with van der Waals surface area (Å²) < 4.78 is 5.03. The van der Waals surface area contributed by atoms with Gasteiger partial charge in [0.15, 0.2) is 17.5 Å². The molecule has 11 aromatic rings. The fourth-order valence-electron chi connectivity index (χ4n) is 7.76. The molecule has 0 radical (unpaired) electrons. The van der Waals surface area contributed by atoms with Gasteiger partial charge in [-0.2, -0.15) is 0 Å². The Kier molecular flexibility index (Phi) is 7.87. The highest BCUT2D eigenvalue weighted by molar-refractivity contribution is 7.26. The number of rotatable bonds is 6. The van der Waals surface area contributed by atoms with E-state index in [1.807, 2.05) is 46.9 Å². The summed E-state index contributed by atoms with van der Waals surface area (Å²) in [5.74, 6) is 1.95. The number of benzene rings is 8. The molecule has 3 heterocycles. The maximum atomic E-state index is 5.19. The lowest BCUT2D eigenvalue weighted by Crippen LogP contribution is -2.00. The van der Waals surface area contributed by atoms with Crippen molar-refractivity contribution in [3.8, 4) is 67.5 Å². The average molecular weight is 750 g/mol. The molecule has 0 spiro atoms. The topological polar surface area (TPSA) is 38.7 Å². The van der Waals surface area contributed by atoms with Crippen LogP contribution in [0.5, 0.6) is 0 Å². The van der Waals surface area contributed by atoms with E-state index in [4.69, 9.17) is 15.0 Å². The van der Waals surface area contributed by atoms with Crippen molar-refractivity contribution in [2.75, 3.05) is 0 Å². The molecule has 0 fully saturated rings. The molecule has 0 aliphatic rings. The summed E-state index contributed by atoms with van der Waals surface area (Å²) in [6.07, 6.45) is 0. The molecule has 5 heteroatoms. The van der Waals surface area contributed by atoms with E-state index >= 15 is 0 Å². The zero-order chi connectivity index (χ0) is 37.0. The molecule has 56 heavy (non-hydrogen) atoms. The number of hydrogen-bond acceptors (Lipinski definition) is 5. The summed E-state index contributed by atoms with van der Waals surface area (Å²) in [5, 5.41) is 5.09. The van der Waals surface area contributed by atoms with Crippen LogP contribution in [0.25, 0.3) is 108 Å². The van der Waals surface area contributed by atoms with E-state index in [-0.39, 0.29) is 0 Å². The van der Waals surface area contributed by atoms with Gasteiger partial charge in [0.25, 0.3) is 0 Å². The Hall–Kier alpha value is -6.79. The van der Waals surface area contributed by atoms with Gasteiger partial charge in [-0.25, -0.2) is 15.0 Å². The molecule has 0 saturated carbocycles. The standard InChI is InChI=1S/C51H31N3S2/c1-4-12-32(13-5-1)34-20-22-36(23-21-34)50-52-49(35-16-8-3-9-17-35)53-51(54-50)39-29-42(48-41-18-10-11-19-44(41)56-47(48)31-39)38-24-26-40-43-28-37(33-14-6-2-7-15-33)25-27-45(43)55-46(40)30-38/h1-31H. The van der Waals surface area contributed by atoms with Crippen LogP contribution in [0.4, 0.5) is 0 Å². The van der Waals surface area contributed by atoms with Crippen molar-refractivity contribution in [3.05, 3.63) is 188 Å². The normalized spacial score (nSPS) is 11.6. The lowest BCUT2D eigenvalue weighted by molar-refractivity contribution is 1.07. The summed E-state index contributed by atoms with van der Waals surface area (Å²) in [4.78, 5) is 15.4. The minimum Gasteiger partial charge on any atom is -0.208 e. The Morgan fingerprint density at radius 3 is 1.46 bits per heavy atom.